The predicted molar refractivity (Wildman–Crippen MR) is 221 cm³/mol. The number of hydrogen-bond acceptors (Lipinski definition) is 14. The van der Waals surface area contributed by atoms with E-state index in [-0.39, 0.29) is 11.2 Å². The number of aromatic nitrogens is 6. The van der Waals surface area contributed by atoms with Gasteiger partial charge in [0.15, 0.2) is 20.2 Å². The summed E-state index contributed by atoms with van der Waals surface area (Å²) in [5.41, 5.74) is -8.52. The van der Waals surface area contributed by atoms with Crippen LogP contribution >= 0.6 is 23.5 Å². The predicted octanol–water partition coefficient (Wildman–Crippen LogP) is 5.19. The van der Waals surface area contributed by atoms with Crippen molar-refractivity contribution >= 4 is 55.4 Å². The first kappa shape index (κ1) is 54.7. The SMILES string of the molecule is Cc1cc(=O)n2c(=O)n1CCCCCCSc1nc(cc(C)[n+]1C)NCCCCCNc1cc(C)[n+](C)c(n1)SCCCCCC2.O=S(=O)([O-])C(F)(F)F.O=S(=O)([O-])C(F)(F)F. The van der Waals surface area contributed by atoms with Crippen molar-refractivity contribution in [2.75, 3.05) is 35.2 Å². The van der Waals surface area contributed by atoms with Crippen LogP contribution in [0.3, 0.4) is 0 Å². The second-order valence-electron chi connectivity index (χ2n) is 14.2. The molecular formula is C36H54F6N8O8S4. The second kappa shape index (κ2) is 25.1. The molecule has 1 aliphatic rings. The fraction of sp³-hybridized carbons (Fsp3) is 0.667. The third-order valence-electron chi connectivity index (χ3n) is 9.29. The van der Waals surface area contributed by atoms with Gasteiger partial charge in [0.05, 0.1) is 14.1 Å². The van der Waals surface area contributed by atoms with Gasteiger partial charge in [0.1, 0.15) is 11.4 Å². The summed E-state index contributed by atoms with van der Waals surface area (Å²) in [6.07, 6.45) is 11.5. The molecular weight excluding hydrogens is 915 g/mol. The van der Waals surface area contributed by atoms with Gasteiger partial charge < -0.3 is 19.7 Å². The summed E-state index contributed by atoms with van der Waals surface area (Å²) in [7, 11) is -8.03. The molecule has 4 heterocycles. The minimum Gasteiger partial charge on any atom is -0.741 e. The van der Waals surface area contributed by atoms with Crippen LogP contribution < -0.4 is 31.0 Å². The molecule has 2 N–H and O–H groups in total. The molecule has 0 saturated heterocycles. The Morgan fingerprint density at radius 3 is 1.35 bits per heavy atom. The first-order valence-electron chi connectivity index (χ1n) is 19.6. The number of alkyl halides is 6. The maximum absolute atomic E-state index is 13.2. The van der Waals surface area contributed by atoms with E-state index in [1.165, 1.54) is 16.0 Å². The van der Waals surface area contributed by atoms with Gasteiger partial charge in [-0.15, -0.1) is 0 Å². The third kappa shape index (κ3) is 18.7. The van der Waals surface area contributed by atoms with Gasteiger partial charge in [-0.05, 0) is 99.2 Å². The van der Waals surface area contributed by atoms with Gasteiger partial charge in [-0.2, -0.15) is 26.3 Å². The topological polar surface area (TPSA) is 216 Å². The zero-order valence-corrected chi connectivity index (χ0v) is 38.4. The van der Waals surface area contributed by atoms with Gasteiger partial charge in [-0.3, -0.25) is 13.9 Å². The van der Waals surface area contributed by atoms with Crippen LogP contribution in [-0.2, 0) is 47.4 Å². The Morgan fingerprint density at radius 1 is 0.613 bits per heavy atom. The van der Waals surface area contributed by atoms with Crippen molar-refractivity contribution in [2.45, 2.75) is 126 Å². The minimum atomic E-state index is -6.09. The molecule has 0 amide bonds. The van der Waals surface area contributed by atoms with Crippen LogP contribution in [0.25, 0.3) is 0 Å². The zero-order chi connectivity index (χ0) is 46.9. The highest BCUT2D eigenvalue weighted by Gasteiger charge is 2.37. The molecule has 26 heteroatoms. The van der Waals surface area contributed by atoms with Crippen LogP contribution in [0.2, 0.25) is 0 Å². The molecule has 0 fully saturated rings. The molecule has 6 bridgehead atoms. The van der Waals surface area contributed by atoms with E-state index in [4.69, 9.17) is 35.9 Å². The molecule has 0 atom stereocenters. The molecule has 62 heavy (non-hydrogen) atoms. The van der Waals surface area contributed by atoms with Crippen molar-refractivity contribution in [1.29, 1.82) is 0 Å². The van der Waals surface area contributed by atoms with Gasteiger partial charge in [0.25, 0.3) is 5.56 Å². The van der Waals surface area contributed by atoms with E-state index in [1.54, 1.807) is 34.2 Å². The van der Waals surface area contributed by atoms with Crippen molar-refractivity contribution in [2.24, 2.45) is 14.1 Å². The Kier molecular flexibility index (Phi) is 22.2. The number of halogens is 6. The zero-order valence-electron chi connectivity index (χ0n) is 35.1. The Bertz CT molecular complexity index is 2220. The number of anilines is 2. The molecule has 0 unspecified atom stereocenters. The van der Waals surface area contributed by atoms with E-state index < -0.39 is 31.3 Å². The molecule has 0 aromatic carbocycles. The van der Waals surface area contributed by atoms with Crippen molar-refractivity contribution in [3.63, 3.8) is 0 Å². The van der Waals surface area contributed by atoms with Crippen molar-refractivity contribution < 1.29 is 61.4 Å². The van der Waals surface area contributed by atoms with Gasteiger partial charge in [-0.25, -0.2) is 30.8 Å². The molecule has 0 aliphatic carbocycles. The van der Waals surface area contributed by atoms with Crippen LogP contribution in [0.15, 0.2) is 38.1 Å². The normalized spacial score (nSPS) is 16.2. The first-order valence-corrected chi connectivity index (χ1v) is 24.4. The van der Waals surface area contributed by atoms with Crippen LogP contribution in [0, 0.1) is 20.8 Å². The lowest BCUT2D eigenvalue weighted by Crippen LogP contribution is -2.40. The first-order chi connectivity index (χ1) is 28.7. The van der Waals surface area contributed by atoms with Gasteiger partial charge in [-0.1, -0.05) is 25.7 Å². The summed E-state index contributed by atoms with van der Waals surface area (Å²) >= 11 is 3.60. The van der Waals surface area contributed by atoms with Crippen LogP contribution in [0.1, 0.15) is 87.7 Å². The van der Waals surface area contributed by atoms with Crippen LogP contribution in [0.4, 0.5) is 38.0 Å². The number of fused-ring (bicyclic) bond motifs is 6. The summed E-state index contributed by atoms with van der Waals surface area (Å²) in [5, 5.41) is 9.13. The Balaban J connectivity index is 0.000000698. The lowest BCUT2D eigenvalue weighted by atomic mass is 10.2. The third-order valence-corrected chi connectivity index (χ3v) is 12.7. The van der Waals surface area contributed by atoms with Crippen LogP contribution in [0.5, 0.6) is 0 Å². The maximum atomic E-state index is 13.2. The standard InChI is InChI=1S/C34H52N8O2S2.2CHF3O3S/c1-26-23-29-35-17-11-10-12-18-36-30-24-27(2)40(5)33(38-30)46-22-16-9-7-14-20-42-31(43)25-28(3)41(34(42)44)19-13-6-8-15-21-45-32(37-29)39(26)4;2*2-1(3,4)8(5,6)7/h23-25H,6-22H2,1-5H3;2*(H,5,6,7). The smallest absolute Gasteiger partial charge is 0.485 e. The van der Waals surface area contributed by atoms with E-state index in [0.29, 0.717) is 13.1 Å². The number of rotatable bonds is 0. The summed E-state index contributed by atoms with van der Waals surface area (Å²) in [6, 6.07) is 5.86. The average molecular weight is 969 g/mol. The van der Waals surface area contributed by atoms with Crippen molar-refractivity contribution in [3.8, 4) is 0 Å². The molecule has 0 radical (unpaired) electrons. The highest BCUT2D eigenvalue weighted by molar-refractivity contribution is 7.99. The summed E-state index contributed by atoms with van der Waals surface area (Å²) < 4.78 is 125. The number of thioether (sulfide) groups is 2. The number of aryl methyl sites for hydroxylation is 3. The average Bonchev–Trinajstić information content (AvgIpc) is 3.14. The van der Waals surface area contributed by atoms with E-state index >= 15 is 0 Å². The summed E-state index contributed by atoms with van der Waals surface area (Å²) in [5.74, 6) is 3.88. The van der Waals surface area contributed by atoms with Crippen molar-refractivity contribution in [1.82, 2.24) is 19.1 Å². The monoisotopic (exact) mass is 968 g/mol. The van der Waals surface area contributed by atoms with Crippen molar-refractivity contribution in [3.05, 3.63) is 56.1 Å². The molecule has 16 nitrogen and oxygen atoms in total. The Labute approximate surface area is 365 Å². The van der Waals surface area contributed by atoms with E-state index in [1.807, 2.05) is 6.92 Å². The molecule has 3 aromatic heterocycles. The maximum Gasteiger partial charge on any atom is 0.485 e. The number of hydrogen-bond donors (Lipinski definition) is 2. The molecule has 4 rings (SSSR count). The van der Waals surface area contributed by atoms with Gasteiger partial charge >= 0.3 is 27.0 Å². The second-order valence-corrected chi connectivity index (χ2v) is 19.1. The van der Waals surface area contributed by atoms with Gasteiger partial charge in [0.2, 0.25) is 11.6 Å². The molecule has 352 valence electrons. The quantitative estimate of drug-likeness (QED) is 0.0976. The fourth-order valence-electron chi connectivity index (χ4n) is 5.59. The highest BCUT2D eigenvalue weighted by Crippen LogP contribution is 2.22. The summed E-state index contributed by atoms with van der Waals surface area (Å²) in [4.78, 5) is 35.7. The lowest BCUT2D eigenvalue weighted by Gasteiger charge is -2.13. The minimum absolute atomic E-state index is 0.166. The molecule has 0 spiro atoms. The summed E-state index contributed by atoms with van der Waals surface area (Å²) in [6.45, 7) is 9.06. The molecule has 3 aromatic rings. The van der Waals surface area contributed by atoms with E-state index in [2.05, 4.69) is 59.8 Å². The largest absolute Gasteiger partial charge is 0.741 e. The van der Waals surface area contributed by atoms with Gasteiger partial charge in [0, 0.05) is 61.6 Å². The Hall–Kier alpha value is -3.46. The van der Waals surface area contributed by atoms with E-state index in [9.17, 15) is 35.9 Å². The fourth-order valence-corrected chi connectivity index (χ4v) is 7.66. The van der Waals surface area contributed by atoms with Crippen LogP contribution in [-0.4, -0.2) is 80.7 Å². The Morgan fingerprint density at radius 2 is 0.968 bits per heavy atom. The number of nitrogens with one attached hydrogen (secondary N) is 2. The molecule has 1 aliphatic heterocycles. The highest BCUT2D eigenvalue weighted by atomic mass is 32.2. The lowest BCUT2D eigenvalue weighted by molar-refractivity contribution is -0.718. The number of nitrogens with zero attached hydrogens (tertiary/aromatic N) is 6. The van der Waals surface area contributed by atoms with E-state index in [0.717, 1.165) is 123 Å². The molecule has 0 saturated carbocycles.